The maximum atomic E-state index is 9.09. The summed E-state index contributed by atoms with van der Waals surface area (Å²) in [4.78, 5) is 0.975. The Balaban J connectivity index is 3.08. The molecule has 60 valence electrons. The normalized spacial score (nSPS) is 10.5. The van der Waals surface area contributed by atoms with Gasteiger partial charge >= 0.3 is 0 Å². The lowest BCUT2D eigenvalue weighted by atomic mass is 10.3. The lowest BCUT2D eigenvalue weighted by Gasteiger charge is -1.98. The van der Waals surface area contributed by atoms with Gasteiger partial charge in [-0.15, -0.1) is 0 Å². The van der Waals surface area contributed by atoms with Crippen molar-refractivity contribution in [3.8, 4) is 11.5 Å². The highest BCUT2D eigenvalue weighted by Crippen LogP contribution is 2.23. The first kappa shape index (κ1) is 8.27. The van der Waals surface area contributed by atoms with Gasteiger partial charge in [0.1, 0.15) is 24.0 Å². The van der Waals surface area contributed by atoms with Crippen molar-refractivity contribution in [2.24, 2.45) is 0 Å². The van der Waals surface area contributed by atoms with Crippen LogP contribution < -0.4 is 0 Å². The molecule has 0 aliphatic carbocycles. The van der Waals surface area contributed by atoms with Gasteiger partial charge in [-0.2, -0.15) is 0 Å². The van der Waals surface area contributed by atoms with Crippen LogP contribution >= 0.6 is 0 Å². The standard InChI is InChI=1S/C8H10O2S/c1-11(2)8-4-6(9)3-7(10)5-8/h3-5H,1-2H3,(H-,9,10)/p+1. The topological polar surface area (TPSA) is 40.5 Å². The van der Waals surface area contributed by atoms with E-state index in [1.807, 2.05) is 12.5 Å². The van der Waals surface area contributed by atoms with Crippen molar-refractivity contribution in [1.29, 1.82) is 0 Å². The fourth-order valence-corrected chi connectivity index (χ4v) is 1.52. The van der Waals surface area contributed by atoms with Crippen LogP contribution in [0.25, 0.3) is 0 Å². The molecule has 0 saturated carbocycles. The molecule has 0 aromatic heterocycles. The molecule has 0 saturated heterocycles. The Labute approximate surface area is 68.8 Å². The zero-order chi connectivity index (χ0) is 8.43. The van der Waals surface area contributed by atoms with Crippen molar-refractivity contribution in [2.75, 3.05) is 12.5 Å². The zero-order valence-electron chi connectivity index (χ0n) is 6.53. The molecule has 2 N–H and O–H groups in total. The Morgan fingerprint density at radius 3 is 1.82 bits per heavy atom. The van der Waals surface area contributed by atoms with E-state index in [2.05, 4.69) is 0 Å². The van der Waals surface area contributed by atoms with Crippen LogP contribution in [-0.2, 0) is 10.9 Å². The highest BCUT2D eigenvalue weighted by molar-refractivity contribution is 7.95. The third kappa shape index (κ3) is 2.05. The van der Waals surface area contributed by atoms with E-state index >= 15 is 0 Å². The largest absolute Gasteiger partial charge is 0.508 e. The van der Waals surface area contributed by atoms with Gasteiger partial charge in [0, 0.05) is 29.1 Å². The van der Waals surface area contributed by atoms with Gasteiger partial charge in [0.25, 0.3) is 0 Å². The first-order chi connectivity index (χ1) is 5.09. The van der Waals surface area contributed by atoms with Crippen LogP contribution in [-0.4, -0.2) is 22.7 Å². The minimum Gasteiger partial charge on any atom is -0.508 e. The van der Waals surface area contributed by atoms with E-state index < -0.39 is 0 Å². The Bertz CT molecular complexity index is 238. The summed E-state index contributed by atoms with van der Waals surface area (Å²) in [7, 11) is 0.0805. The number of hydrogen-bond acceptors (Lipinski definition) is 2. The fraction of sp³-hybridized carbons (Fsp3) is 0.250. The van der Waals surface area contributed by atoms with Gasteiger partial charge in [-0.05, 0) is 0 Å². The van der Waals surface area contributed by atoms with Crippen molar-refractivity contribution in [3.05, 3.63) is 18.2 Å². The molecule has 1 rings (SSSR count). The smallest absolute Gasteiger partial charge is 0.161 e. The van der Waals surface area contributed by atoms with Crippen molar-refractivity contribution < 1.29 is 10.2 Å². The summed E-state index contributed by atoms with van der Waals surface area (Å²) in [5, 5.41) is 18.2. The summed E-state index contributed by atoms with van der Waals surface area (Å²) in [6, 6.07) is 4.67. The highest BCUT2D eigenvalue weighted by Gasteiger charge is 2.10. The first-order valence-corrected chi connectivity index (χ1v) is 5.24. The van der Waals surface area contributed by atoms with Gasteiger partial charge in [-0.3, -0.25) is 0 Å². The van der Waals surface area contributed by atoms with Crippen LogP contribution in [0.4, 0.5) is 0 Å². The summed E-state index contributed by atoms with van der Waals surface area (Å²) in [5.74, 6) is 0.252. The number of aromatic hydroxyl groups is 2. The fourth-order valence-electron chi connectivity index (χ4n) is 0.804. The average molecular weight is 171 g/mol. The first-order valence-electron chi connectivity index (χ1n) is 3.20. The zero-order valence-corrected chi connectivity index (χ0v) is 7.35. The summed E-state index contributed by atoms with van der Waals surface area (Å²) in [5.41, 5.74) is 0. The quantitative estimate of drug-likeness (QED) is 0.626. The second-order valence-corrected chi connectivity index (χ2v) is 4.61. The SMILES string of the molecule is C[S+](C)c1cc(O)cc(O)c1. The minimum atomic E-state index is 0.0805. The van der Waals surface area contributed by atoms with E-state index in [9.17, 15) is 0 Å². The predicted molar refractivity (Wildman–Crippen MR) is 47.3 cm³/mol. The molecular weight excluding hydrogens is 160 g/mol. The number of phenols is 2. The lowest BCUT2D eigenvalue weighted by molar-refractivity contribution is 0.448. The number of phenolic OH excluding ortho intramolecular Hbond substituents is 2. The number of hydrogen-bond donors (Lipinski definition) is 2. The molecule has 0 radical (unpaired) electrons. The molecule has 1 aromatic carbocycles. The molecule has 0 heterocycles. The van der Waals surface area contributed by atoms with Crippen molar-refractivity contribution in [3.63, 3.8) is 0 Å². The molecular formula is C8H11O2S+. The molecule has 0 amide bonds. The van der Waals surface area contributed by atoms with Gasteiger partial charge in [-0.25, -0.2) is 0 Å². The maximum Gasteiger partial charge on any atom is 0.161 e. The predicted octanol–water partition coefficient (Wildman–Crippen LogP) is 1.33. The van der Waals surface area contributed by atoms with E-state index in [1.165, 1.54) is 6.07 Å². The Morgan fingerprint density at radius 2 is 1.45 bits per heavy atom. The third-order valence-electron chi connectivity index (χ3n) is 1.35. The summed E-state index contributed by atoms with van der Waals surface area (Å²) in [6.07, 6.45) is 4.07. The molecule has 11 heavy (non-hydrogen) atoms. The third-order valence-corrected chi connectivity index (χ3v) is 2.53. The van der Waals surface area contributed by atoms with Gasteiger partial charge in [-0.1, -0.05) is 0 Å². The summed E-state index contributed by atoms with van der Waals surface area (Å²) in [6.45, 7) is 0. The second kappa shape index (κ2) is 3.05. The molecule has 0 fully saturated rings. The van der Waals surface area contributed by atoms with E-state index in [0.717, 1.165) is 4.90 Å². The van der Waals surface area contributed by atoms with Gasteiger partial charge in [0.05, 0.1) is 0 Å². The van der Waals surface area contributed by atoms with Gasteiger partial charge in [0.2, 0.25) is 0 Å². The van der Waals surface area contributed by atoms with Crippen LogP contribution in [0.3, 0.4) is 0 Å². The second-order valence-electron chi connectivity index (χ2n) is 2.50. The average Bonchev–Trinajstić information content (AvgIpc) is 1.85. The lowest BCUT2D eigenvalue weighted by Crippen LogP contribution is -1.94. The van der Waals surface area contributed by atoms with E-state index in [1.54, 1.807) is 12.1 Å². The minimum absolute atomic E-state index is 0.0805. The van der Waals surface area contributed by atoms with Crippen molar-refractivity contribution >= 4 is 10.9 Å². The van der Waals surface area contributed by atoms with Crippen LogP contribution in [0, 0.1) is 0 Å². The van der Waals surface area contributed by atoms with E-state index in [-0.39, 0.29) is 22.4 Å². The Kier molecular flexibility index (Phi) is 2.29. The summed E-state index contributed by atoms with van der Waals surface area (Å²) < 4.78 is 0. The van der Waals surface area contributed by atoms with Crippen molar-refractivity contribution in [2.45, 2.75) is 4.90 Å². The van der Waals surface area contributed by atoms with Crippen LogP contribution in [0.15, 0.2) is 23.1 Å². The molecule has 0 aliphatic heterocycles. The monoisotopic (exact) mass is 171 g/mol. The van der Waals surface area contributed by atoms with Gasteiger partial charge in [0.15, 0.2) is 4.90 Å². The Morgan fingerprint density at radius 1 is 1.00 bits per heavy atom. The Hall–Kier alpha value is -0.830. The molecule has 3 heteroatoms. The van der Waals surface area contributed by atoms with Gasteiger partial charge < -0.3 is 10.2 Å². The van der Waals surface area contributed by atoms with Crippen LogP contribution in [0.5, 0.6) is 11.5 Å². The number of benzene rings is 1. The molecule has 0 aliphatic rings. The molecule has 0 bridgehead atoms. The molecule has 1 aromatic rings. The maximum absolute atomic E-state index is 9.09. The number of rotatable bonds is 1. The molecule has 0 atom stereocenters. The molecule has 0 unspecified atom stereocenters. The highest BCUT2D eigenvalue weighted by atomic mass is 32.2. The molecule has 0 spiro atoms. The summed E-state index contributed by atoms with van der Waals surface area (Å²) >= 11 is 0. The van der Waals surface area contributed by atoms with Crippen molar-refractivity contribution in [1.82, 2.24) is 0 Å². The van der Waals surface area contributed by atoms with E-state index in [4.69, 9.17) is 10.2 Å². The molecule has 2 nitrogen and oxygen atoms in total. The van der Waals surface area contributed by atoms with Crippen LogP contribution in [0.1, 0.15) is 0 Å². The van der Waals surface area contributed by atoms with Crippen LogP contribution in [0.2, 0.25) is 0 Å². The van der Waals surface area contributed by atoms with E-state index in [0.29, 0.717) is 0 Å².